The summed E-state index contributed by atoms with van der Waals surface area (Å²) >= 11 is 1.55. The number of nitrogens with two attached hydrogens (primary N) is 2. The molecule has 0 aliphatic carbocycles. The van der Waals surface area contributed by atoms with Crippen LogP contribution in [0, 0.1) is 0 Å². The minimum absolute atomic E-state index is 0.0953. The lowest BCUT2D eigenvalue weighted by molar-refractivity contribution is -0.149. The van der Waals surface area contributed by atoms with Gasteiger partial charge in [0.05, 0.1) is 6.04 Å². The Hall–Kier alpha value is -3.12. The van der Waals surface area contributed by atoms with Gasteiger partial charge in [0.15, 0.2) is 0 Å². The zero-order valence-corrected chi connectivity index (χ0v) is 21.2. The summed E-state index contributed by atoms with van der Waals surface area (Å²) < 4.78 is 0. The van der Waals surface area contributed by atoms with Crippen molar-refractivity contribution in [2.45, 2.75) is 62.7 Å². The third kappa shape index (κ3) is 8.83. The summed E-state index contributed by atoms with van der Waals surface area (Å²) in [5.41, 5.74) is 12.0. The number of hydrogen-bond acceptors (Lipinski definition) is 7. The van der Waals surface area contributed by atoms with Gasteiger partial charge in [0.1, 0.15) is 18.1 Å². The summed E-state index contributed by atoms with van der Waals surface area (Å²) in [6.07, 6.45) is 3.01. The third-order valence-electron chi connectivity index (χ3n) is 6.00. The van der Waals surface area contributed by atoms with Crippen LogP contribution in [0.25, 0.3) is 0 Å². The standard InChI is InChI=1S/C24H35N5O6S/c1-36-13-11-16(25)21(31)28-18(14-15-6-3-2-4-7-15)22(32)27-17(9-10-20(26)30)23(33)29-12-5-8-19(29)24(34)35/h2-4,6-7,16-19H,5,8-14,25H2,1H3,(H2,26,30)(H,27,32)(H,28,31)(H,34,35). The average molecular weight is 522 g/mol. The number of carbonyl (C=O) groups is 5. The van der Waals surface area contributed by atoms with Gasteiger partial charge in [-0.25, -0.2) is 4.79 Å². The number of benzene rings is 1. The van der Waals surface area contributed by atoms with Crippen molar-refractivity contribution in [1.29, 1.82) is 0 Å². The van der Waals surface area contributed by atoms with Crippen molar-refractivity contribution in [3.05, 3.63) is 35.9 Å². The lowest BCUT2D eigenvalue weighted by Gasteiger charge is -2.29. The molecule has 1 aromatic rings. The first-order valence-corrected chi connectivity index (χ1v) is 13.2. The SMILES string of the molecule is CSCCC(N)C(=O)NC(Cc1ccccc1)C(=O)NC(CCC(N)=O)C(=O)N1CCCC1C(=O)O. The van der Waals surface area contributed by atoms with Crippen molar-refractivity contribution in [2.24, 2.45) is 11.5 Å². The van der Waals surface area contributed by atoms with Gasteiger partial charge in [0.25, 0.3) is 0 Å². The van der Waals surface area contributed by atoms with Crippen LogP contribution in [0.2, 0.25) is 0 Å². The maximum Gasteiger partial charge on any atom is 0.326 e. The van der Waals surface area contributed by atoms with Gasteiger partial charge in [-0.05, 0) is 43.3 Å². The van der Waals surface area contributed by atoms with E-state index in [1.165, 1.54) is 4.90 Å². The molecule has 2 rings (SSSR count). The van der Waals surface area contributed by atoms with Gasteiger partial charge in [-0.2, -0.15) is 11.8 Å². The molecular formula is C24H35N5O6S. The van der Waals surface area contributed by atoms with Crippen LogP contribution in [0.4, 0.5) is 0 Å². The van der Waals surface area contributed by atoms with Crippen LogP contribution in [-0.2, 0) is 30.4 Å². The highest BCUT2D eigenvalue weighted by Gasteiger charge is 2.38. The molecule has 1 aliphatic heterocycles. The second-order valence-electron chi connectivity index (χ2n) is 8.73. The van der Waals surface area contributed by atoms with Gasteiger partial charge in [-0.1, -0.05) is 30.3 Å². The van der Waals surface area contributed by atoms with Crippen LogP contribution in [0.3, 0.4) is 0 Å². The number of carboxylic acids is 1. The van der Waals surface area contributed by atoms with Crippen molar-refractivity contribution >= 4 is 41.4 Å². The molecule has 198 valence electrons. The molecule has 1 fully saturated rings. The van der Waals surface area contributed by atoms with Gasteiger partial charge in [0.2, 0.25) is 23.6 Å². The van der Waals surface area contributed by atoms with E-state index < -0.39 is 53.8 Å². The Kier molecular flexibility index (Phi) is 11.7. The average Bonchev–Trinajstić information content (AvgIpc) is 3.35. The fourth-order valence-electron chi connectivity index (χ4n) is 4.02. The van der Waals surface area contributed by atoms with Crippen molar-refractivity contribution < 1.29 is 29.1 Å². The van der Waals surface area contributed by atoms with Crippen LogP contribution in [0.5, 0.6) is 0 Å². The Morgan fingerprint density at radius 2 is 1.75 bits per heavy atom. The minimum atomic E-state index is -1.18. The molecule has 0 bridgehead atoms. The number of nitrogens with zero attached hydrogens (tertiary/aromatic N) is 1. The Bertz CT molecular complexity index is 931. The molecule has 7 N–H and O–H groups in total. The predicted molar refractivity (Wildman–Crippen MR) is 136 cm³/mol. The van der Waals surface area contributed by atoms with E-state index in [-0.39, 0.29) is 25.8 Å². The lowest BCUT2D eigenvalue weighted by atomic mass is 10.0. The fraction of sp³-hybridized carbons (Fsp3) is 0.542. The molecule has 1 aromatic carbocycles. The van der Waals surface area contributed by atoms with Crippen molar-refractivity contribution in [3.63, 3.8) is 0 Å². The van der Waals surface area contributed by atoms with E-state index in [4.69, 9.17) is 11.5 Å². The Morgan fingerprint density at radius 3 is 2.36 bits per heavy atom. The summed E-state index contributed by atoms with van der Waals surface area (Å²) in [5, 5.41) is 14.8. The Labute approximate surface area is 214 Å². The molecule has 1 saturated heterocycles. The van der Waals surface area contributed by atoms with Crippen LogP contribution < -0.4 is 22.1 Å². The van der Waals surface area contributed by atoms with E-state index in [2.05, 4.69) is 10.6 Å². The number of amides is 4. The Morgan fingerprint density at radius 1 is 1.08 bits per heavy atom. The number of nitrogens with one attached hydrogen (secondary N) is 2. The molecule has 0 radical (unpaired) electrons. The summed E-state index contributed by atoms with van der Waals surface area (Å²) in [6, 6.07) is 5.00. The Balaban J connectivity index is 2.23. The molecule has 0 spiro atoms. The maximum absolute atomic E-state index is 13.3. The van der Waals surface area contributed by atoms with E-state index >= 15 is 0 Å². The van der Waals surface area contributed by atoms with Crippen molar-refractivity contribution in [3.8, 4) is 0 Å². The van der Waals surface area contributed by atoms with Gasteiger partial charge in [-0.3, -0.25) is 19.2 Å². The molecule has 1 heterocycles. The third-order valence-corrected chi connectivity index (χ3v) is 6.64. The van der Waals surface area contributed by atoms with E-state index in [0.717, 1.165) is 5.56 Å². The van der Waals surface area contributed by atoms with E-state index in [9.17, 15) is 29.1 Å². The van der Waals surface area contributed by atoms with E-state index in [0.29, 0.717) is 25.0 Å². The van der Waals surface area contributed by atoms with Gasteiger partial charge in [-0.15, -0.1) is 0 Å². The van der Waals surface area contributed by atoms with Crippen molar-refractivity contribution in [2.75, 3.05) is 18.6 Å². The largest absolute Gasteiger partial charge is 0.480 e. The van der Waals surface area contributed by atoms with Gasteiger partial charge < -0.3 is 32.1 Å². The quantitative estimate of drug-likeness (QED) is 0.219. The summed E-state index contributed by atoms with van der Waals surface area (Å²) in [4.78, 5) is 63.4. The van der Waals surface area contributed by atoms with E-state index in [1.54, 1.807) is 36.0 Å². The number of rotatable bonds is 14. The van der Waals surface area contributed by atoms with Crippen LogP contribution in [-0.4, -0.2) is 82.3 Å². The molecule has 0 saturated carbocycles. The molecule has 4 amide bonds. The topological polar surface area (TPSA) is 185 Å². The maximum atomic E-state index is 13.3. The number of primary amides is 1. The number of carbonyl (C=O) groups excluding carboxylic acids is 4. The minimum Gasteiger partial charge on any atom is -0.480 e. The molecule has 4 unspecified atom stereocenters. The van der Waals surface area contributed by atoms with Crippen LogP contribution >= 0.6 is 11.8 Å². The fourth-order valence-corrected chi connectivity index (χ4v) is 4.51. The highest BCUT2D eigenvalue weighted by molar-refractivity contribution is 7.98. The molecule has 1 aliphatic rings. The normalized spacial score (nSPS) is 17.6. The first-order chi connectivity index (χ1) is 17.1. The second-order valence-corrected chi connectivity index (χ2v) is 9.72. The van der Waals surface area contributed by atoms with Crippen LogP contribution in [0.15, 0.2) is 30.3 Å². The second kappa shape index (κ2) is 14.4. The summed E-state index contributed by atoms with van der Waals surface area (Å²) in [7, 11) is 0. The molecule has 11 nitrogen and oxygen atoms in total. The molecule has 4 atom stereocenters. The first kappa shape index (κ1) is 29.1. The van der Waals surface area contributed by atoms with Gasteiger partial charge >= 0.3 is 5.97 Å². The number of hydrogen-bond donors (Lipinski definition) is 5. The molecule has 36 heavy (non-hydrogen) atoms. The first-order valence-electron chi connectivity index (χ1n) is 11.8. The van der Waals surface area contributed by atoms with Crippen molar-refractivity contribution in [1.82, 2.24) is 15.5 Å². The molecule has 0 aromatic heterocycles. The highest BCUT2D eigenvalue weighted by atomic mass is 32.2. The summed E-state index contributed by atoms with van der Waals surface area (Å²) in [6.45, 7) is 0.229. The molecular weight excluding hydrogens is 486 g/mol. The number of carboxylic acid groups (broad SMARTS) is 1. The highest BCUT2D eigenvalue weighted by Crippen LogP contribution is 2.20. The number of likely N-dealkylation sites (tertiary alicyclic amines) is 1. The zero-order chi connectivity index (χ0) is 26.7. The number of aliphatic carboxylic acids is 1. The monoisotopic (exact) mass is 521 g/mol. The van der Waals surface area contributed by atoms with Crippen LogP contribution in [0.1, 0.15) is 37.7 Å². The lowest BCUT2D eigenvalue weighted by Crippen LogP contribution is -2.57. The summed E-state index contributed by atoms with van der Waals surface area (Å²) in [5.74, 6) is -2.85. The number of thioether (sulfide) groups is 1. The predicted octanol–water partition coefficient (Wildman–Crippen LogP) is -0.380. The smallest absolute Gasteiger partial charge is 0.326 e. The van der Waals surface area contributed by atoms with E-state index in [1.807, 2.05) is 12.3 Å². The zero-order valence-electron chi connectivity index (χ0n) is 20.4. The molecule has 12 heteroatoms. The van der Waals surface area contributed by atoms with Gasteiger partial charge in [0, 0.05) is 19.4 Å².